The number of benzene rings is 2. The van der Waals surface area contributed by atoms with Crippen LogP contribution in [-0.4, -0.2) is 28.9 Å². The van der Waals surface area contributed by atoms with Crippen molar-refractivity contribution in [2.75, 3.05) is 13.1 Å². The Bertz CT molecular complexity index is 1030. The molecule has 28 heavy (non-hydrogen) atoms. The summed E-state index contributed by atoms with van der Waals surface area (Å²) in [6.45, 7) is 8.01. The van der Waals surface area contributed by atoms with Crippen LogP contribution in [0.1, 0.15) is 52.7 Å². The molecule has 1 amide bonds. The zero-order valence-corrected chi connectivity index (χ0v) is 17.1. The van der Waals surface area contributed by atoms with Crippen LogP contribution in [0.5, 0.6) is 0 Å². The number of amides is 1. The highest BCUT2D eigenvalue weighted by atomic mass is 16.2. The number of aryl methyl sites for hydroxylation is 3. The predicted octanol–water partition coefficient (Wildman–Crippen LogP) is 5.84. The molecule has 0 atom stereocenters. The van der Waals surface area contributed by atoms with Gasteiger partial charge >= 0.3 is 0 Å². The predicted molar refractivity (Wildman–Crippen MR) is 116 cm³/mol. The van der Waals surface area contributed by atoms with Gasteiger partial charge in [0.25, 0.3) is 5.91 Å². The first-order valence-electron chi connectivity index (χ1n) is 10.3. The van der Waals surface area contributed by atoms with Crippen molar-refractivity contribution in [1.82, 2.24) is 9.88 Å². The van der Waals surface area contributed by atoms with Crippen LogP contribution in [0, 0.1) is 20.8 Å². The van der Waals surface area contributed by atoms with Crippen LogP contribution in [0.15, 0.2) is 42.5 Å². The van der Waals surface area contributed by atoms with Gasteiger partial charge in [-0.15, -0.1) is 0 Å². The Morgan fingerprint density at radius 3 is 2.32 bits per heavy atom. The van der Waals surface area contributed by atoms with Gasteiger partial charge in [-0.05, 0) is 69.0 Å². The number of carbonyl (C=O) groups is 1. The fourth-order valence-corrected chi connectivity index (χ4v) is 4.01. The first kappa shape index (κ1) is 18.7. The molecule has 1 fully saturated rings. The van der Waals surface area contributed by atoms with E-state index >= 15 is 0 Å². The number of rotatable bonds is 2. The highest BCUT2D eigenvalue weighted by Crippen LogP contribution is 2.28. The maximum absolute atomic E-state index is 13.5. The minimum atomic E-state index is 0.144. The van der Waals surface area contributed by atoms with E-state index in [1.54, 1.807) is 0 Å². The molecule has 1 aliphatic rings. The quantitative estimate of drug-likeness (QED) is 0.566. The van der Waals surface area contributed by atoms with Gasteiger partial charge in [-0.1, -0.05) is 36.6 Å². The van der Waals surface area contributed by atoms with E-state index in [4.69, 9.17) is 4.98 Å². The van der Waals surface area contributed by atoms with Crippen LogP contribution in [0.25, 0.3) is 22.2 Å². The molecule has 0 saturated carbocycles. The minimum absolute atomic E-state index is 0.144. The second-order valence-corrected chi connectivity index (χ2v) is 8.08. The second-order valence-electron chi connectivity index (χ2n) is 8.08. The average molecular weight is 373 g/mol. The van der Waals surface area contributed by atoms with Gasteiger partial charge in [0.05, 0.1) is 16.8 Å². The van der Waals surface area contributed by atoms with Crippen LogP contribution < -0.4 is 0 Å². The lowest BCUT2D eigenvalue weighted by Gasteiger charge is -2.22. The van der Waals surface area contributed by atoms with E-state index in [9.17, 15) is 4.79 Å². The number of pyridine rings is 1. The van der Waals surface area contributed by atoms with Gasteiger partial charge in [0.1, 0.15) is 0 Å². The van der Waals surface area contributed by atoms with Crippen LogP contribution in [-0.2, 0) is 0 Å². The molecule has 4 rings (SSSR count). The van der Waals surface area contributed by atoms with Crippen LogP contribution in [0.4, 0.5) is 0 Å². The largest absolute Gasteiger partial charge is 0.339 e. The Morgan fingerprint density at radius 2 is 1.61 bits per heavy atom. The first-order chi connectivity index (χ1) is 13.5. The maximum atomic E-state index is 13.5. The van der Waals surface area contributed by atoms with Gasteiger partial charge < -0.3 is 4.90 Å². The lowest BCUT2D eigenvalue weighted by Crippen LogP contribution is -2.32. The molecule has 3 aromatic rings. The van der Waals surface area contributed by atoms with E-state index in [2.05, 4.69) is 51.1 Å². The molecule has 1 aromatic heterocycles. The van der Waals surface area contributed by atoms with E-state index in [0.29, 0.717) is 0 Å². The molecule has 144 valence electrons. The number of hydrogen-bond donors (Lipinski definition) is 0. The Balaban J connectivity index is 1.86. The van der Waals surface area contributed by atoms with Crippen molar-refractivity contribution >= 4 is 16.8 Å². The van der Waals surface area contributed by atoms with Crippen molar-refractivity contribution in [3.63, 3.8) is 0 Å². The number of aromatic nitrogens is 1. The van der Waals surface area contributed by atoms with Gasteiger partial charge in [-0.3, -0.25) is 4.79 Å². The fraction of sp³-hybridized carbons (Fsp3) is 0.360. The molecule has 2 aromatic carbocycles. The molecular formula is C25H28N2O. The lowest BCUT2D eigenvalue weighted by atomic mass is 9.99. The molecule has 3 heteroatoms. The third kappa shape index (κ3) is 3.66. The third-order valence-electron chi connectivity index (χ3n) is 5.89. The van der Waals surface area contributed by atoms with E-state index in [1.165, 1.54) is 24.0 Å². The van der Waals surface area contributed by atoms with Crippen LogP contribution >= 0.6 is 0 Å². The molecule has 3 nitrogen and oxygen atoms in total. The number of fused-ring (bicyclic) bond motifs is 1. The Hall–Kier alpha value is -2.68. The molecule has 1 saturated heterocycles. The highest BCUT2D eigenvalue weighted by molar-refractivity contribution is 6.07. The molecule has 0 unspecified atom stereocenters. The number of nitrogens with zero attached hydrogens (tertiary/aromatic N) is 2. The van der Waals surface area contributed by atoms with Crippen molar-refractivity contribution in [3.8, 4) is 11.3 Å². The van der Waals surface area contributed by atoms with Gasteiger partial charge in [0.2, 0.25) is 0 Å². The molecule has 0 bridgehead atoms. The summed E-state index contributed by atoms with van der Waals surface area (Å²) in [6.07, 6.45) is 4.62. The van der Waals surface area contributed by atoms with Crippen LogP contribution in [0.3, 0.4) is 0 Å². The average Bonchev–Trinajstić information content (AvgIpc) is 2.98. The molecule has 0 N–H and O–H groups in total. The van der Waals surface area contributed by atoms with E-state index in [-0.39, 0.29) is 5.91 Å². The van der Waals surface area contributed by atoms with Crippen molar-refractivity contribution in [3.05, 3.63) is 64.7 Å². The Kier molecular flexibility index (Phi) is 5.17. The highest BCUT2D eigenvalue weighted by Gasteiger charge is 2.21. The standard InChI is InChI=1S/C25H28N2O/c1-17-8-11-23-21(14-17)22(25(28)27-12-6-4-5-7-13-27)16-24(26-23)20-10-9-18(2)19(3)15-20/h8-11,14-16H,4-7,12-13H2,1-3H3. The smallest absolute Gasteiger partial charge is 0.254 e. The summed E-state index contributed by atoms with van der Waals surface area (Å²) in [4.78, 5) is 20.4. The van der Waals surface area contributed by atoms with Crippen molar-refractivity contribution in [2.24, 2.45) is 0 Å². The van der Waals surface area contributed by atoms with Gasteiger partial charge in [-0.2, -0.15) is 0 Å². The molecule has 1 aliphatic heterocycles. The monoisotopic (exact) mass is 372 g/mol. The molecule has 2 heterocycles. The molecule has 0 aliphatic carbocycles. The normalized spacial score (nSPS) is 14.9. The lowest BCUT2D eigenvalue weighted by molar-refractivity contribution is 0.0763. The number of likely N-dealkylation sites (tertiary alicyclic amines) is 1. The summed E-state index contributed by atoms with van der Waals surface area (Å²) in [5.74, 6) is 0.144. The van der Waals surface area contributed by atoms with Gasteiger partial charge in [0, 0.05) is 24.0 Å². The summed E-state index contributed by atoms with van der Waals surface area (Å²) in [7, 11) is 0. The van der Waals surface area contributed by atoms with Gasteiger partial charge in [0.15, 0.2) is 0 Å². The van der Waals surface area contributed by atoms with Crippen molar-refractivity contribution in [1.29, 1.82) is 0 Å². The number of carbonyl (C=O) groups excluding carboxylic acids is 1. The summed E-state index contributed by atoms with van der Waals surface area (Å²) in [6, 6.07) is 14.6. The fourth-order valence-electron chi connectivity index (χ4n) is 4.01. The summed E-state index contributed by atoms with van der Waals surface area (Å²) < 4.78 is 0. The van der Waals surface area contributed by atoms with Crippen molar-refractivity contribution < 1.29 is 4.79 Å². The summed E-state index contributed by atoms with van der Waals surface area (Å²) >= 11 is 0. The number of hydrogen-bond acceptors (Lipinski definition) is 2. The zero-order chi connectivity index (χ0) is 19.7. The second kappa shape index (κ2) is 7.75. The topological polar surface area (TPSA) is 33.2 Å². The van der Waals surface area contributed by atoms with Crippen molar-refractivity contribution in [2.45, 2.75) is 46.5 Å². The SMILES string of the molecule is Cc1ccc2nc(-c3ccc(C)c(C)c3)cc(C(=O)N3CCCCCC3)c2c1. The minimum Gasteiger partial charge on any atom is -0.339 e. The van der Waals surface area contributed by atoms with Crippen LogP contribution in [0.2, 0.25) is 0 Å². The molecular weight excluding hydrogens is 344 g/mol. The van der Waals surface area contributed by atoms with Gasteiger partial charge in [-0.25, -0.2) is 4.98 Å². The summed E-state index contributed by atoms with van der Waals surface area (Å²) in [5, 5.41) is 0.960. The Labute approximate surface area is 167 Å². The van der Waals surface area contributed by atoms with E-state index < -0.39 is 0 Å². The first-order valence-corrected chi connectivity index (χ1v) is 10.3. The third-order valence-corrected chi connectivity index (χ3v) is 5.89. The molecule has 0 spiro atoms. The zero-order valence-electron chi connectivity index (χ0n) is 17.1. The summed E-state index contributed by atoms with van der Waals surface area (Å²) in [5.41, 5.74) is 7.26. The Morgan fingerprint density at radius 1 is 0.857 bits per heavy atom. The maximum Gasteiger partial charge on any atom is 0.254 e. The van der Waals surface area contributed by atoms with E-state index in [1.807, 2.05) is 17.0 Å². The molecule has 0 radical (unpaired) electrons. The van der Waals surface area contributed by atoms with E-state index in [0.717, 1.165) is 59.2 Å².